The van der Waals surface area contributed by atoms with Crippen molar-refractivity contribution in [2.75, 3.05) is 12.8 Å². The molecule has 2 aromatic carbocycles. The first-order chi connectivity index (χ1) is 12.7. The Morgan fingerprint density at radius 1 is 0.962 bits per heavy atom. The molecule has 4 rings (SSSR count). The van der Waals surface area contributed by atoms with Gasteiger partial charge in [0.1, 0.15) is 17.1 Å². The number of para-hydroxylation sites is 1. The predicted octanol–water partition coefficient (Wildman–Crippen LogP) is 3.19. The number of methoxy groups -OCH3 is 1. The molecule has 2 heterocycles. The maximum Gasteiger partial charge on any atom is 0.155 e. The maximum absolute atomic E-state index is 6.11. The molecule has 0 atom stereocenters. The number of hydrogen-bond donors (Lipinski definition) is 1. The fraction of sp³-hybridized carbons (Fsp3) is 0.150. The van der Waals surface area contributed by atoms with Gasteiger partial charge in [0.15, 0.2) is 11.3 Å². The Balaban J connectivity index is 1.58. The monoisotopic (exact) mass is 345 g/mol. The molecule has 0 saturated heterocycles. The molecule has 0 bridgehead atoms. The van der Waals surface area contributed by atoms with Crippen molar-refractivity contribution in [1.29, 1.82) is 0 Å². The van der Waals surface area contributed by atoms with Gasteiger partial charge in [-0.25, -0.2) is 14.6 Å². The molecule has 0 fully saturated rings. The molecule has 130 valence electrons. The first kappa shape index (κ1) is 16.1. The molecule has 0 unspecified atom stereocenters. The molecule has 0 amide bonds. The van der Waals surface area contributed by atoms with Gasteiger partial charge in [0.25, 0.3) is 0 Å². The topological polar surface area (TPSA) is 78.9 Å². The molecule has 0 spiro atoms. The number of nitrogen functional groups attached to an aromatic ring is 1. The second-order valence-corrected chi connectivity index (χ2v) is 6.02. The Kier molecular flexibility index (Phi) is 4.23. The molecule has 0 aliphatic heterocycles. The fourth-order valence-corrected chi connectivity index (χ4v) is 2.86. The van der Waals surface area contributed by atoms with Crippen LogP contribution >= 0.6 is 0 Å². The first-order valence-corrected chi connectivity index (χ1v) is 8.43. The zero-order valence-corrected chi connectivity index (χ0v) is 14.5. The first-order valence-electron chi connectivity index (χ1n) is 8.43. The van der Waals surface area contributed by atoms with Gasteiger partial charge in [-0.15, -0.1) is 0 Å². The van der Waals surface area contributed by atoms with E-state index < -0.39 is 0 Å². The molecule has 0 aliphatic rings. The molecule has 0 saturated carbocycles. The number of fused-ring (bicyclic) bond motifs is 1. The van der Waals surface area contributed by atoms with Crippen molar-refractivity contribution in [3.05, 3.63) is 72.2 Å². The molecule has 2 aromatic heterocycles. The largest absolute Gasteiger partial charge is 0.497 e. The van der Waals surface area contributed by atoms with E-state index in [2.05, 4.69) is 15.1 Å². The summed E-state index contributed by atoms with van der Waals surface area (Å²) in [5.41, 5.74) is 9.66. The van der Waals surface area contributed by atoms with Crippen molar-refractivity contribution in [3.63, 3.8) is 0 Å². The molecule has 26 heavy (non-hydrogen) atoms. The average Bonchev–Trinajstić information content (AvgIpc) is 3.12. The maximum atomic E-state index is 6.11. The second-order valence-electron chi connectivity index (χ2n) is 6.02. The van der Waals surface area contributed by atoms with Gasteiger partial charge in [0, 0.05) is 6.42 Å². The summed E-state index contributed by atoms with van der Waals surface area (Å²) in [6, 6.07) is 17.9. The molecular formula is C20H19N5O. The quantitative estimate of drug-likeness (QED) is 0.601. The molecule has 6 heteroatoms. The minimum Gasteiger partial charge on any atom is -0.497 e. The zero-order valence-electron chi connectivity index (χ0n) is 14.5. The molecule has 0 aliphatic carbocycles. The summed E-state index contributed by atoms with van der Waals surface area (Å²) in [5.74, 6) is 1.98. The van der Waals surface area contributed by atoms with E-state index in [0.29, 0.717) is 17.8 Å². The third-order valence-corrected chi connectivity index (χ3v) is 4.25. The van der Waals surface area contributed by atoms with Crippen LogP contribution in [0.25, 0.3) is 16.7 Å². The van der Waals surface area contributed by atoms with Crippen LogP contribution in [0, 0.1) is 0 Å². The van der Waals surface area contributed by atoms with Crippen LogP contribution in [-0.4, -0.2) is 26.9 Å². The second kappa shape index (κ2) is 6.84. The molecule has 2 N–H and O–H groups in total. The predicted molar refractivity (Wildman–Crippen MR) is 101 cm³/mol. The van der Waals surface area contributed by atoms with Crippen LogP contribution in [0.15, 0.2) is 60.8 Å². The van der Waals surface area contributed by atoms with Gasteiger partial charge in [-0.2, -0.15) is 5.10 Å². The highest BCUT2D eigenvalue weighted by molar-refractivity contribution is 5.83. The van der Waals surface area contributed by atoms with Crippen LogP contribution in [0.1, 0.15) is 11.4 Å². The number of benzene rings is 2. The van der Waals surface area contributed by atoms with Gasteiger partial charge >= 0.3 is 0 Å². The lowest BCUT2D eigenvalue weighted by molar-refractivity contribution is 0.414. The third-order valence-electron chi connectivity index (χ3n) is 4.25. The van der Waals surface area contributed by atoms with E-state index in [1.165, 1.54) is 5.56 Å². The Morgan fingerprint density at radius 3 is 2.46 bits per heavy atom. The number of aromatic nitrogens is 4. The normalized spacial score (nSPS) is 11.0. The van der Waals surface area contributed by atoms with Gasteiger partial charge in [0.05, 0.1) is 19.0 Å². The van der Waals surface area contributed by atoms with Gasteiger partial charge in [0.2, 0.25) is 0 Å². The average molecular weight is 345 g/mol. The van der Waals surface area contributed by atoms with Crippen molar-refractivity contribution in [2.24, 2.45) is 0 Å². The SMILES string of the molecule is COc1ccc(CCc2nc(N)c3nn(-c4ccccc4)cc3n2)cc1. The summed E-state index contributed by atoms with van der Waals surface area (Å²) in [4.78, 5) is 9.06. The highest BCUT2D eigenvalue weighted by atomic mass is 16.5. The lowest BCUT2D eigenvalue weighted by Gasteiger charge is -2.04. The summed E-state index contributed by atoms with van der Waals surface area (Å²) in [6.07, 6.45) is 3.43. The van der Waals surface area contributed by atoms with E-state index >= 15 is 0 Å². The Labute approximate surface area is 151 Å². The van der Waals surface area contributed by atoms with Crippen molar-refractivity contribution < 1.29 is 4.74 Å². The number of nitrogens with zero attached hydrogens (tertiary/aromatic N) is 4. The highest BCUT2D eigenvalue weighted by Crippen LogP contribution is 2.19. The van der Waals surface area contributed by atoms with Crippen LogP contribution in [0.3, 0.4) is 0 Å². The van der Waals surface area contributed by atoms with Crippen LogP contribution in [0.5, 0.6) is 5.75 Å². The van der Waals surface area contributed by atoms with Gasteiger partial charge in [-0.3, -0.25) is 0 Å². The van der Waals surface area contributed by atoms with E-state index in [1.54, 1.807) is 11.8 Å². The summed E-state index contributed by atoms with van der Waals surface area (Å²) < 4.78 is 6.96. The molecular weight excluding hydrogens is 326 g/mol. The van der Waals surface area contributed by atoms with Crippen LogP contribution < -0.4 is 10.5 Å². The van der Waals surface area contributed by atoms with Crippen molar-refractivity contribution >= 4 is 16.9 Å². The standard InChI is InChI=1S/C20H19N5O/c1-26-16-10-7-14(8-11-16)9-12-18-22-17-13-25(15-5-3-2-4-6-15)24-19(17)20(21)23-18/h2-8,10-11,13H,9,12H2,1H3,(H2,21,22,23). The van der Waals surface area contributed by atoms with E-state index in [4.69, 9.17) is 10.5 Å². The Bertz CT molecular complexity index is 1030. The summed E-state index contributed by atoms with van der Waals surface area (Å²) >= 11 is 0. The summed E-state index contributed by atoms with van der Waals surface area (Å²) in [6.45, 7) is 0. The highest BCUT2D eigenvalue weighted by Gasteiger charge is 2.11. The lowest BCUT2D eigenvalue weighted by Crippen LogP contribution is -2.02. The van der Waals surface area contributed by atoms with E-state index in [0.717, 1.165) is 29.2 Å². The van der Waals surface area contributed by atoms with Crippen molar-refractivity contribution in [3.8, 4) is 11.4 Å². The lowest BCUT2D eigenvalue weighted by atomic mass is 10.1. The molecule has 4 aromatic rings. The number of anilines is 1. The summed E-state index contributed by atoms with van der Waals surface area (Å²) in [7, 11) is 1.66. The van der Waals surface area contributed by atoms with Crippen LogP contribution in [0.4, 0.5) is 5.82 Å². The Hall–Kier alpha value is -3.41. The number of ether oxygens (including phenoxy) is 1. The molecule has 0 radical (unpaired) electrons. The zero-order chi connectivity index (χ0) is 17.9. The van der Waals surface area contributed by atoms with Crippen molar-refractivity contribution in [1.82, 2.24) is 19.7 Å². The number of rotatable bonds is 5. The van der Waals surface area contributed by atoms with Crippen molar-refractivity contribution in [2.45, 2.75) is 12.8 Å². The smallest absolute Gasteiger partial charge is 0.155 e. The Morgan fingerprint density at radius 2 is 1.73 bits per heavy atom. The third kappa shape index (κ3) is 3.21. The molecule has 6 nitrogen and oxygen atoms in total. The van der Waals surface area contributed by atoms with E-state index in [1.807, 2.05) is 60.8 Å². The van der Waals surface area contributed by atoms with Gasteiger partial charge < -0.3 is 10.5 Å². The summed E-state index contributed by atoms with van der Waals surface area (Å²) in [5, 5.41) is 4.51. The van der Waals surface area contributed by atoms with Gasteiger partial charge in [-0.05, 0) is 36.2 Å². The van der Waals surface area contributed by atoms with Crippen LogP contribution in [0.2, 0.25) is 0 Å². The number of hydrogen-bond acceptors (Lipinski definition) is 5. The van der Waals surface area contributed by atoms with E-state index in [-0.39, 0.29) is 0 Å². The number of nitrogens with two attached hydrogens (primary N) is 1. The van der Waals surface area contributed by atoms with E-state index in [9.17, 15) is 0 Å². The van der Waals surface area contributed by atoms with Crippen LogP contribution in [-0.2, 0) is 12.8 Å². The fourth-order valence-electron chi connectivity index (χ4n) is 2.86. The minimum absolute atomic E-state index is 0.411. The number of aryl methyl sites for hydroxylation is 2. The minimum atomic E-state index is 0.411. The van der Waals surface area contributed by atoms with Gasteiger partial charge in [-0.1, -0.05) is 30.3 Å².